The van der Waals surface area contributed by atoms with Gasteiger partial charge in [0.25, 0.3) is 0 Å². The molecule has 4 heteroatoms. The van der Waals surface area contributed by atoms with Crippen LogP contribution in [-0.2, 0) is 6.54 Å². The van der Waals surface area contributed by atoms with E-state index in [9.17, 15) is 5.11 Å². The van der Waals surface area contributed by atoms with Crippen molar-refractivity contribution < 1.29 is 9.84 Å². The number of aliphatic hydroxyl groups is 1. The zero-order valence-electron chi connectivity index (χ0n) is 10.6. The Morgan fingerprint density at radius 3 is 2.71 bits per heavy atom. The van der Waals surface area contributed by atoms with Gasteiger partial charge in [-0.05, 0) is 44.7 Å². The molecule has 2 N–H and O–H groups in total. The summed E-state index contributed by atoms with van der Waals surface area (Å²) in [6.45, 7) is 4.88. The Balaban J connectivity index is 2.57. The summed E-state index contributed by atoms with van der Waals surface area (Å²) in [5.41, 5.74) is 0.483. The molecule has 0 atom stereocenters. The number of hydrogen-bond acceptors (Lipinski definition) is 3. The maximum atomic E-state index is 9.58. The molecule has 0 aromatic heterocycles. The molecule has 17 heavy (non-hydrogen) atoms. The number of rotatable bonds is 6. The first-order chi connectivity index (χ1) is 7.92. The van der Waals surface area contributed by atoms with Crippen molar-refractivity contribution >= 4 is 15.9 Å². The molecule has 3 nitrogen and oxygen atoms in total. The number of halogens is 1. The summed E-state index contributed by atoms with van der Waals surface area (Å²) in [6.07, 6.45) is 0.616. The van der Waals surface area contributed by atoms with Crippen LogP contribution in [0.3, 0.4) is 0 Å². The molecule has 96 valence electrons. The van der Waals surface area contributed by atoms with Crippen LogP contribution in [0.4, 0.5) is 0 Å². The van der Waals surface area contributed by atoms with Crippen molar-refractivity contribution in [1.29, 1.82) is 0 Å². The number of ether oxygens (including phenoxy) is 1. The van der Waals surface area contributed by atoms with E-state index in [0.717, 1.165) is 22.3 Å². The molecule has 0 aliphatic rings. The molecular formula is C13H20BrNO2. The summed E-state index contributed by atoms with van der Waals surface area (Å²) >= 11 is 3.50. The van der Waals surface area contributed by atoms with Gasteiger partial charge in [-0.25, -0.2) is 0 Å². The fourth-order valence-electron chi connectivity index (χ4n) is 1.39. The number of hydrogen-bond donors (Lipinski definition) is 2. The first-order valence-electron chi connectivity index (χ1n) is 5.70. The Kier molecular flexibility index (Phi) is 5.43. The van der Waals surface area contributed by atoms with Gasteiger partial charge in [-0.3, -0.25) is 0 Å². The van der Waals surface area contributed by atoms with E-state index in [0.29, 0.717) is 13.0 Å². The normalized spacial score (nSPS) is 11.6. The lowest BCUT2D eigenvalue weighted by Crippen LogP contribution is -2.21. The first kappa shape index (κ1) is 14.5. The van der Waals surface area contributed by atoms with Gasteiger partial charge in [-0.1, -0.05) is 15.9 Å². The van der Waals surface area contributed by atoms with Crippen molar-refractivity contribution in [3.8, 4) is 5.75 Å². The van der Waals surface area contributed by atoms with Crippen LogP contribution in [0.5, 0.6) is 5.75 Å². The molecule has 0 amide bonds. The molecule has 0 radical (unpaired) electrons. The number of benzene rings is 1. The van der Waals surface area contributed by atoms with Gasteiger partial charge in [0.1, 0.15) is 5.75 Å². The molecule has 1 rings (SSSR count). The van der Waals surface area contributed by atoms with Crippen LogP contribution in [0.2, 0.25) is 0 Å². The zero-order valence-corrected chi connectivity index (χ0v) is 12.2. The molecular weight excluding hydrogens is 282 g/mol. The molecule has 0 fully saturated rings. The molecule has 0 aliphatic heterocycles. The van der Waals surface area contributed by atoms with E-state index in [1.807, 2.05) is 25.2 Å². The highest BCUT2D eigenvalue weighted by atomic mass is 79.9. The third-order valence-corrected chi connectivity index (χ3v) is 3.14. The summed E-state index contributed by atoms with van der Waals surface area (Å²) in [6, 6.07) is 5.91. The van der Waals surface area contributed by atoms with Gasteiger partial charge in [0.15, 0.2) is 0 Å². The second kappa shape index (κ2) is 6.38. The Morgan fingerprint density at radius 1 is 1.41 bits per heavy atom. The highest BCUT2D eigenvalue weighted by Crippen LogP contribution is 2.23. The first-order valence-corrected chi connectivity index (χ1v) is 6.50. The maximum absolute atomic E-state index is 9.58. The van der Waals surface area contributed by atoms with E-state index < -0.39 is 5.60 Å². The molecule has 0 aliphatic carbocycles. The molecule has 0 saturated carbocycles. The minimum Gasteiger partial charge on any atom is -0.493 e. The van der Waals surface area contributed by atoms with Crippen LogP contribution >= 0.6 is 15.9 Å². The minimum absolute atomic E-state index is 0.518. The Labute approximate surface area is 111 Å². The van der Waals surface area contributed by atoms with Crippen LogP contribution in [0.25, 0.3) is 0 Å². The highest BCUT2D eigenvalue weighted by Gasteiger charge is 2.12. The average molecular weight is 302 g/mol. The quantitative estimate of drug-likeness (QED) is 0.849. The molecule has 0 heterocycles. The topological polar surface area (TPSA) is 41.5 Å². The van der Waals surface area contributed by atoms with Crippen molar-refractivity contribution in [2.75, 3.05) is 13.7 Å². The van der Waals surface area contributed by atoms with E-state index in [1.54, 1.807) is 13.8 Å². The monoisotopic (exact) mass is 301 g/mol. The molecule has 1 aromatic rings. The third-order valence-electron chi connectivity index (χ3n) is 2.37. The van der Waals surface area contributed by atoms with Crippen molar-refractivity contribution in [2.45, 2.75) is 32.4 Å². The van der Waals surface area contributed by atoms with Crippen molar-refractivity contribution in [3.05, 3.63) is 28.2 Å². The zero-order chi connectivity index (χ0) is 12.9. The largest absolute Gasteiger partial charge is 0.493 e. The van der Waals surface area contributed by atoms with Crippen LogP contribution in [-0.4, -0.2) is 24.4 Å². The van der Waals surface area contributed by atoms with Crippen LogP contribution in [0.15, 0.2) is 22.7 Å². The van der Waals surface area contributed by atoms with Gasteiger partial charge in [-0.2, -0.15) is 0 Å². The summed E-state index contributed by atoms with van der Waals surface area (Å²) in [4.78, 5) is 0. The van der Waals surface area contributed by atoms with Gasteiger partial charge in [0, 0.05) is 17.4 Å². The molecule has 0 spiro atoms. The van der Waals surface area contributed by atoms with E-state index in [4.69, 9.17) is 4.74 Å². The predicted molar refractivity (Wildman–Crippen MR) is 73.3 cm³/mol. The Bertz CT molecular complexity index is 361. The van der Waals surface area contributed by atoms with E-state index >= 15 is 0 Å². The molecule has 0 unspecified atom stereocenters. The van der Waals surface area contributed by atoms with Crippen LogP contribution in [0.1, 0.15) is 25.8 Å². The summed E-state index contributed by atoms with van der Waals surface area (Å²) in [5.74, 6) is 0.836. The summed E-state index contributed by atoms with van der Waals surface area (Å²) in [7, 11) is 1.91. The SMILES string of the molecule is CNCc1cc(OCCC(C)(C)O)ccc1Br. The van der Waals surface area contributed by atoms with Gasteiger partial charge < -0.3 is 15.2 Å². The third kappa shape index (κ3) is 5.52. The van der Waals surface area contributed by atoms with Gasteiger partial charge >= 0.3 is 0 Å². The lowest BCUT2D eigenvalue weighted by Gasteiger charge is -2.17. The van der Waals surface area contributed by atoms with Crippen LogP contribution in [0, 0.1) is 0 Å². The molecule has 0 bridgehead atoms. The van der Waals surface area contributed by atoms with Crippen LogP contribution < -0.4 is 10.1 Å². The van der Waals surface area contributed by atoms with Crippen molar-refractivity contribution in [3.63, 3.8) is 0 Å². The Morgan fingerprint density at radius 2 is 2.12 bits per heavy atom. The van der Waals surface area contributed by atoms with E-state index in [-0.39, 0.29) is 0 Å². The fourth-order valence-corrected chi connectivity index (χ4v) is 1.77. The lowest BCUT2D eigenvalue weighted by atomic mass is 10.1. The Hall–Kier alpha value is -0.580. The smallest absolute Gasteiger partial charge is 0.119 e. The summed E-state index contributed by atoms with van der Waals surface area (Å²) < 4.78 is 6.69. The molecule has 1 aromatic carbocycles. The van der Waals surface area contributed by atoms with Crippen molar-refractivity contribution in [1.82, 2.24) is 5.32 Å². The van der Waals surface area contributed by atoms with Gasteiger partial charge in [0.2, 0.25) is 0 Å². The summed E-state index contributed by atoms with van der Waals surface area (Å²) in [5, 5.41) is 12.7. The second-order valence-corrected chi connectivity index (χ2v) is 5.55. The van der Waals surface area contributed by atoms with Gasteiger partial charge in [-0.15, -0.1) is 0 Å². The highest BCUT2D eigenvalue weighted by molar-refractivity contribution is 9.10. The van der Waals surface area contributed by atoms with E-state index in [1.165, 1.54) is 0 Å². The standard InChI is InChI=1S/C13H20BrNO2/c1-13(2,16)6-7-17-11-4-5-12(14)10(8-11)9-15-3/h4-5,8,15-16H,6-7,9H2,1-3H3. The average Bonchev–Trinajstić information content (AvgIpc) is 2.21. The maximum Gasteiger partial charge on any atom is 0.119 e. The van der Waals surface area contributed by atoms with Gasteiger partial charge in [0.05, 0.1) is 12.2 Å². The fraction of sp³-hybridized carbons (Fsp3) is 0.538. The second-order valence-electron chi connectivity index (χ2n) is 4.69. The number of nitrogens with one attached hydrogen (secondary N) is 1. The lowest BCUT2D eigenvalue weighted by molar-refractivity contribution is 0.0553. The van der Waals surface area contributed by atoms with Crippen molar-refractivity contribution in [2.24, 2.45) is 0 Å². The molecule has 0 saturated heterocycles. The minimum atomic E-state index is -0.677. The van der Waals surface area contributed by atoms with E-state index in [2.05, 4.69) is 21.2 Å². The predicted octanol–water partition coefficient (Wildman–Crippen LogP) is 2.71.